The molecule has 2 fully saturated rings. The second kappa shape index (κ2) is 11.3. The van der Waals surface area contributed by atoms with Crippen molar-refractivity contribution in [2.24, 2.45) is 11.7 Å². The number of carbonyl (C=O) groups is 2. The van der Waals surface area contributed by atoms with Crippen LogP contribution >= 0.6 is 24.8 Å². The van der Waals surface area contributed by atoms with Crippen LogP contribution in [0.25, 0.3) is 0 Å². The molecule has 170 valence electrons. The summed E-state index contributed by atoms with van der Waals surface area (Å²) in [6.45, 7) is 9.21. The summed E-state index contributed by atoms with van der Waals surface area (Å²) in [6.07, 6.45) is 4.01. The van der Waals surface area contributed by atoms with E-state index in [0.717, 1.165) is 50.0 Å². The number of benzene rings is 1. The molecule has 0 spiro atoms. The van der Waals surface area contributed by atoms with E-state index in [1.807, 2.05) is 43.9 Å². The van der Waals surface area contributed by atoms with Crippen molar-refractivity contribution in [1.29, 1.82) is 0 Å². The zero-order chi connectivity index (χ0) is 20.3. The number of hydrogen-bond donors (Lipinski definition) is 2. The van der Waals surface area contributed by atoms with Gasteiger partial charge in [-0.05, 0) is 50.8 Å². The van der Waals surface area contributed by atoms with E-state index in [4.69, 9.17) is 5.73 Å². The normalized spacial score (nSPS) is 24.4. The first-order valence-corrected chi connectivity index (χ1v) is 10.4. The van der Waals surface area contributed by atoms with Crippen molar-refractivity contribution in [2.75, 3.05) is 38.0 Å². The molecule has 1 aromatic carbocycles. The van der Waals surface area contributed by atoms with E-state index < -0.39 is 5.54 Å². The highest BCUT2D eigenvalue weighted by molar-refractivity contribution is 5.93. The molecule has 1 saturated carbocycles. The van der Waals surface area contributed by atoms with E-state index in [9.17, 15) is 9.59 Å². The fourth-order valence-electron chi connectivity index (χ4n) is 4.39. The number of nitrogens with two attached hydrogens (primary N) is 1. The first kappa shape index (κ1) is 26.7. The molecule has 2 aliphatic rings. The Balaban J connectivity index is 0.00000225. The molecular weight excluding hydrogens is 423 g/mol. The monoisotopic (exact) mass is 458 g/mol. The summed E-state index contributed by atoms with van der Waals surface area (Å²) in [6, 6.07) is 5.93. The highest BCUT2D eigenvalue weighted by atomic mass is 35.5. The van der Waals surface area contributed by atoms with Crippen molar-refractivity contribution in [3.63, 3.8) is 0 Å². The van der Waals surface area contributed by atoms with Gasteiger partial charge in [-0.2, -0.15) is 0 Å². The summed E-state index contributed by atoms with van der Waals surface area (Å²) >= 11 is 0. The summed E-state index contributed by atoms with van der Waals surface area (Å²) in [5.74, 6) is 0.125. The van der Waals surface area contributed by atoms with E-state index in [2.05, 4.69) is 10.2 Å². The lowest BCUT2D eigenvalue weighted by atomic mass is 9.74. The van der Waals surface area contributed by atoms with E-state index in [0.29, 0.717) is 19.6 Å². The van der Waals surface area contributed by atoms with E-state index in [1.165, 1.54) is 5.56 Å². The molecule has 1 aliphatic carbocycles. The maximum Gasteiger partial charge on any atom is 0.238 e. The molecule has 0 aromatic heterocycles. The van der Waals surface area contributed by atoms with Gasteiger partial charge in [0, 0.05) is 37.4 Å². The second-order valence-corrected chi connectivity index (χ2v) is 8.70. The van der Waals surface area contributed by atoms with Crippen LogP contribution in [0.5, 0.6) is 0 Å². The SMILES string of the molecule is Cc1cccc(NC(=O)CN2CCN(C(=O)C3CCCCC3(C)N)CC2)c1C.Cl.Cl. The number of aryl methyl sites for hydroxylation is 1. The molecule has 2 unspecified atom stereocenters. The van der Waals surface area contributed by atoms with Crippen LogP contribution in [0, 0.1) is 19.8 Å². The van der Waals surface area contributed by atoms with Gasteiger partial charge in [-0.15, -0.1) is 24.8 Å². The third-order valence-electron chi connectivity index (χ3n) is 6.48. The van der Waals surface area contributed by atoms with Gasteiger partial charge in [0.25, 0.3) is 0 Å². The van der Waals surface area contributed by atoms with E-state index in [-0.39, 0.29) is 42.5 Å². The van der Waals surface area contributed by atoms with Crippen LogP contribution < -0.4 is 11.1 Å². The molecule has 30 heavy (non-hydrogen) atoms. The number of hydrogen-bond acceptors (Lipinski definition) is 4. The lowest BCUT2D eigenvalue weighted by molar-refractivity contribution is -0.140. The Morgan fingerprint density at radius 2 is 1.80 bits per heavy atom. The average Bonchev–Trinajstić information content (AvgIpc) is 2.65. The fraction of sp³-hybridized carbons (Fsp3) is 0.636. The smallest absolute Gasteiger partial charge is 0.238 e. The minimum absolute atomic E-state index is 0. The third kappa shape index (κ3) is 6.33. The van der Waals surface area contributed by atoms with Crippen molar-refractivity contribution in [3.8, 4) is 0 Å². The predicted molar refractivity (Wildman–Crippen MR) is 127 cm³/mol. The van der Waals surface area contributed by atoms with Crippen molar-refractivity contribution >= 4 is 42.3 Å². The molecule has 3 N–H and O–H groups in total. The predicted octanol–water partition coefficient (Wildman–Crippen LogP) is 3.14. The van der Waals surface area contributed by atoms with Crippen LogP contribution in [-0.4, -0.2) is 59.9 Å². The molecular formula is C22H36Cl2N4O2. The number of amides is 2. The largest absolute Gasteiger partial charge is 0.340 e. The molecule has 2 atom stereocenters. The lowest BCUT2D eigenvalue weighted by Gasteiger charge is -2.42. The fourth-order valence-corrected chi connectivity index (χ4v) is 4.39. The van der Waals surface area contributed by atoms with Crippen molar-refractivity contribution in [3.05, 3.63) is 29.3 Å². The van der Waals surface area contributed by atoms with Gasteiger partial charge in [-0.3, -0.25) is 14.5 Å². The molecule has 1 aromatic rings. The van der Waals surface area contributed by atoms with Crippen LogP contribution in [0.15, 0.2) is 18.2 Å². The summed E-state index contributed by atoms with van der Waals surface area (Å²) in [5, 5.41) is 3.02. The van der Waals surface area contributed by atoms with Crippen LogP contribution in [0.3, 0.4) is 0 Å². The number of piperazine rings is 1. The molecule has 1 heterocycles. The Bertz CT molecular complexity index is 734. The first-order valence-electron chi connectivity index (χ1n) is 10.4. The Labute approximate surface area is 192 Å². The van der Waals surface area contributed by atoms with E-state index in [1.54, 1.807) is 0 Å². The number of nitrogens with one attached hydrogen (secondary N) is 1. The Morgan fingerprint density at radius 1 is 1.13 bits per heavy atom. The van der Waals surface area contributed by atoms with Crippen LogP contribution in [0.4, 0.5) is 5.69 Å². The number of carbonyl (C=O) groups excluding carboxylic acids is 2. The number of anilines is 1. The van der Waals surface area contributed by atoms with E-state index >= 15 is 0 Å². The maximum atomic E-state index is 13.0. The highest BCUT2D eigenvalue weighted by Crippen LogP contribution is 2.33. The van der Waals surface area contributed by atoms with Crippen molar-refractivity contribution in [1.82, 2.24) is 9.80 Å². The second-order valence-electron chi connectivity index (χ2n) is 8.70. The van der Waals surface area contributed by atoms with Gasteiger partial charge < -0.3 is 16.0 Å². The quantitative estimate of drug-likeness (QED) is 0.725. The summed E-state index contributed by atoms with van der Waals surface area (Å²) in [7, 11) is 0. The van der Waals surface area contributed by atoms with Gasteiger partial charge in [0.05, 0.1) is 12.5 Å². The molecule has 1 saturated heterocycles. The van der Waals surface area contributed by atoms with Crippen LogP contribution in [0.2, 0.25) is 0 Å². The summed E-state index contributed by atoms with van der Waals surface area (Å²) < 4.78 is 0. The summed E-state index contributed by atoms with van der Waals surface area (Å²) in [4.78, 5) is 29.5. The minimum Gasteiger partial charge on any atom is -0.340 e. The number of nitrogens with zero attached hydrogens (tertiary/aromatic N) is 2. The zero-order valence-electron chi connectivity index (χ0n) is 18.3. The number of halogens is 2. The van der Waals surface area contributed by atoms with Gasteiger partial charge in [0.2, 0.25) is 11.8 Å². The van der Waals surface area contributed by atoms with Crippen LogP contribution in [0.1, 0.15) is 43.7 Å². The molecule has 1 aliphatic heterocycles. The van der Waals surface area contributed by atoms with Crippen molar-refractivity contribution < 1.29 is 9.59 Å². The molecule has 0 bridgehead atoms. The van der Waals surface area contributed by atoms with Crippen LogP contribution in [-0.2, 0) is 9.59 Å². The zero-order valence-corrected chi connectivity index (χ0v) is 19.9. The molecule has 0 radical (unpaired) electrons. The molecule has 3 rings (SSSR count). The van der Waals surface area contributed by atoms with Gasteiger partial charge in [-0.25, -0.2) is 0 Å². The third-order valence-corrected chi connectivity index (χ3v) is 6.48. The van der Waals surface area contributed by atoms with Gasteiger partial charge in [0.1, 0.15) is 0 Å². The Hall–Kier alpha value is -1.34. The van der Waals surface area contributed by atoms with Crippen molar-refractivity contribution in [2.45, 2.75) is 52.0 Å². The summed E-state index contributed by atoms with van der Waals surface area (Å²) in [5.41, 5.74) is 9.16. The first-order chi connectivity index (χ1) is 13.3. The highest BCUT2D eigenvalue weighted by Gasteiger charge is 2.40. The lowest BCUT2D eigenvalue weighted by Crippen LogP contribution is -2.57. The topological polar surface area (TPSA) is 78.7 Å². The van der Waals surface area contributed by atoms with Gasteiger partial charge in [-0.1, -0.05) is 25.0 Å². The van der Waals surface area contributed by atoms with Gasteiger partial charge >= 0.3 is 0 Å². The Kier molecular flexibility index (Phi) is 10.1. The molecule has 2 amide bonds. The Morgan fingerprint density at radius 3 is 2.43 bits per heavy atom. The van der Waals surface area contributed by atoms with Gasteiger partial charge in [0.15, 0.2) is 0 Å². The minimum atomic E-state index is -0.391. The number of rotatable bonds is 4. The standard InChI is InChI=1S/C22H34N4O2.2ClH/c1-16-7-6-9-19(17(16)2)24-20(27)15-25-11-13-26(14-12-25)21(28)18-8-4-5-10-22(18,3)23;;/h6-7,9,18H,4-5,8,10-15,23H2,1-3H3,(H,24,27);2*1H. The molecule has 8 heteroatoms. The molecule has 6 nitrogen and oxygen atoms in total. The maximum absolute atomic E-state index is 13.0. The average molecular weight is 459 g/mol.